The van der Waals surface area contributed by atoms with Gasteiger partial charge >= 0.3 is 0 Å². The third-order valence-electron chi connectivity index (χ3n) is 2.96. The lowest BCUT2D eigenvalue weighted by atomic mass is 10.1. The third kappa shape index (κ3) is 4.15. The predicted octanol–water partition coefficient (Wildman–Crippen LogP) is 3.83. The van der Waals surface area contributed by atoms with E-state index in [1.54, 1.807) is 6.92 Å². The molecule has 0 saturated carbocycles. The Hall–Kier alpha value is -1.67. The molecule has 6 heteroatoms. The number of aliphatic hydroxyl groups is 1. The van der Waals surface area contributed by atoms with Crippen LogP contribution in [-0.2, 0) is 6.61 Å². The van der Waals surface area contributed by atoms with Gasteiger partial charge in [-0.15, -0.1) is 0 Å². The summed E-state index contributed by atoms with van der Waals surface area (Å²) < 4.78 is 6.81. The van der Waals surface area contributed by atoms with Crippen molar-refractivity contribution in [2.45, 2.75) is 19.6 Å². The zero-order valence-corrected chi connectivity index (χ0v) is 13.5. The van der Waals surface area contributed by atoms with Gasteiger partial charge in [-0.2, -0.15) is 0 Å². The monoisotopic (exact) mass is 399 g/mol. The second-order valence-electron chi connectivity index (χ2n) is 4.57. The highest BCUT2D eigenvalue weighted by molar-refractivity contribution is 14.1. The van der Waals surface area contributed by atoms with Crippen molar-refractivity contribution in [2.24, 2.45) is 0 Å². The van der Waals surface area contributed by atoms with Crippen molar-refractivity contribution in [1.82, 2.24) is 0 Å². The number of nitro groups is 1. The number of ether oxygens (including phenoxy) is 1. The Morgan fingerprint density at radius 2 is 1.95 bits per heavy atom. The summed E-state index contributed by atoms with van der Waals surface area (Å²) in [5.74, 6) is 0.453. The Labute approximate surface area is 135 Å². The van der Waals surface area contributed by atoms with Gasteiger partial charge in [0.1, 0.15) is 12.4 Å². The molecule has 0 fully saturated rings. The van der Waals surface area contributed by atoms with Gasteiger partial charge < -0.3 is 9.84 Å². The highest BCUT2D eigenvalue weighted by Crippen LogP contribution is 2.29. The molecule has 5 nitrogen and oxygen atoms in total. The quantitative estimate of drug-likeness (QED) is 0.471. The summed E-state index contributed by atoms with van der Waals surface area (Å²) in [6.07, 6.45) is -0.836. The van der Waals surface area contributed by atoms with E-state index >= 15 is 0 Å². The van der Waals surface area contributed by atoms with Crippen LogP contribution < -0.4 is 4.74 Å². The SMILES string of the molecule is C[C@@H](O)c1cc([N+](=O)[O-])ccc1OCc1ccc(I)cc1. The molecule has 0 amide bonds. The first-order valence-corrected chi connectivity index (χ1v) is 7.39. The van der Waals surface area contributed by atoms with Gasteiger partial charge in [-0.25, -0.2) is 0 Å². The fraction of sp³-hybridized carbons (Fsp3) is 0.200. The van der Waals surface area contributed by atoms with Crippen LogP contribution >= 0.6 is 22.6 Å². The summed E-state index contributed by atoms with van der Waals surface area (Å²) in [6, 6.07) is 12.1. The van der Waals surface area contributed by atoms with Gasteiger partial charge in [0.05, 0.1) is 11.0 Å². The van der Waals surface area contributed by atoms with Crippen LogP contribution in [0.2, 0.25) is 0 Å². The number of benzene rings is 2. The molecule has 0 aromatic heterocycles. The van der Waals surface area contributed by atoms with Crippen molar-refractivity contribution in [3.8, 4) is 5.75 Å². The summed E-state index contributed by atoms with van der Waals surface area (Å²) in [7, 11) is 0. The van der Waals surface area contributed by atoms with Gasteiger partial charge in [0.25, 0.3) is 5.69 Å². The number of rotatable bonds is 5. The summed E-state index contributed by atoms with van der Waals surface area (Å²) in [5, 5.41) is 20.5. The molecule has 0 radical (unpaired) electrons. The molecule has 1 atom stereocenters. The first-order chi connectivity index (χ1) is 9.97. The van der Waals surface area contributed by atoms with Crippen molar-refractivity contribution >= 4 is 28.3 Å². The molecular weight excluding hydrogens is 385 g/mol. The van der Waals surface area contributed by atoms with E-state index in [4.69, 9.17) is 4.74 Å². The smallest absolute Gasteiger partial charge is 0.270 e. The van der Waals surface area contributed by atoms with E-state index in [1.807, 2.05) is 24.3 Å². The number of nitro benzene ring substituents is 1. The lowest BCUT2D eigenvalue weighted by Crippen LogP contribution is -2.02. The highest BCUT2D eigenvalue weighted by Gasteiger charge is 2.15. The maximum Gasteiger partial charge on any atom is 0.270 e. The van der Waals surface area contributed by atoms with Crippen molar-refractivity contribution in [3.63, 3.8) is 0 Å². The molecule has 21 heavy (non-hydrogen) atoms. The Morgan fingerprint density at radius 1 is 1.29 bits per heavy atom. The highest BCUT2D eigenvalue weighted by atomic mass is 127. The molecule has 0 aliphatic rings. The first-order valence-electron chi connectivity index (χ1n) is 6.31. The second-order valence-corrected chi connectivity index (χ2v) is 5.82. The number of hydrogen-bond acceptors (Lipinski definition) is 4. The Morgan fingerprint density at radius 3 is 2.52 bits per heavy atom. The number of nitrogens with zero attached hydrogens (tertiary/aromatic N) is 1. The number of hydrogen-bond donors (Lipinski definition) is 1. The Balaban J connectivity index is 2.19. The lowest BCUT2D eigenvalue weighted by Gasteiger charge is -2.13. The maximum atomic E-state index is 10.8. The molecule has 2 aromatic rings. The minimum absolute atomic E-state index is 0.0625. The van der Waals surface area contributed by atoms with Crippen molar-refractivity contribution in [3.05, 3.63) is 67.3 Å². The molecule has 0 bridgehead atoms. The summed E-state index contributed by atoms with van der Waals surface area (Å²) in [6.45, 7) is 1.89. The van der Waals surface area contributed by atoms with Crippen molar-refractivity contribution in [1.29, 1.82) is 0 Å². The zero-order valence-electron chi connectivity index (χ0n) is 11.3. The van der Waals surface area contributed by atoms with Gasteiger partial charge in [0.2, 0.25) is 0 Å². The van der Waals surface area contributed by atoms with Crippen LogP contribution in [-0.4, -0.2) is 10.0 Å². The van der Waals surface area contributed by atoms with Crippen LogP contribution in [0.1, 0.15) is 24.2 Å². The first kappa shape index (κ1) is 15.7. The van der Waals surface area contributed by atoms with Crippen LogP contribution in [0.4, 0.5) is 5.69 Å². The summed E-state index contributed by atoms with van der Waals surface area (Å²) in [4.78, 5) is 10.3. The van der Waals surface area contributed by atoms with Gasteiger partial charge in [-0.1, -0.05) is 12.1 Å². The Bertz CT molecular complexity index is 641. The van der Waals surface area contributed by atoms with E-state index in [-0.39, 0.29) is 5.69 Å². The molecule has 0 aliphatic heterocycles. The molecule has 0 spiro atoms. The normalized spacial score (nSPS) is 12.0. The van der Waals surface area contributed by atoms with E-state index in [9.17, 15) is 15.2 Å². The van der Waals surface area contributed by atoms with Crippen LogP contribution in [0.25, 0.3) is 0 Å². The molecule has 0 unspecified atom stereocenters. The Kier molecular flexibility index (Phi) is 5.13. The largest absolute Gasteiger partial charge is 0.489 e. The van der Waals surface area contributed by atoms with Crippen LogP contribution in [0.3, 0.4) is 0 Å². The van der Waals surface area contributed by atoms with Gasteiger partial charge in [0, 0.05) is 21.3 Å². The molecule has 1 N–H and O–H groups in total. The van der Waals surface area contributed by atoms with E-state index in [1.165, 1.54) is 18.2 Å². The molecule has 2 aromatic carbocycles. The van der Waals surface area contributed by atoms with E-state index in [0.29, 0.717) is 17.9 Å². The van der Waals surface area contributed by atoms with Gasteiger partial charge in [0.15, 0.2) is 0 Å². The molecule has 0 aliphatic carbocycles. The van der Waals surface area contributed by atoms with E-state index < -0.39 is 11.0 Å². The minimum atomic E-state index is -0.836. The average molecular weight is 399 g/mol. The van der Waals surface area contributed by atoms with Crippen molar-refractivity contribution < 1.29 is 14.8 Å². The van der Waals surface area contributed by atoms with Crippen LogP contribution in [0, 0.1) is 13.7 Å². The fourth-order valence-corrected chi connectivity index (χ4v) is 2.21. The van der Waals surface area contributed by atoms with E-state index in [0.717, 1.165) is 9.13 Å². The molecular formula is C15H14INO4. The standard InChI is InChI=1S/C15H14INO4/c1-10(18)14-8-13(17(19)20)6-7-15(14)21-9-11-2-4-12(16)5-3-11/h2-8,10,18H,9H2,1H3/t10-/m1/s1. The molecule has 0 heterocycles. The van der Waals surface area contributed by atoms with E-state index in [2.05, 4.69) is 22.6 Å². The predicted molar refractivity (Wildman–Crippen MR) is 87.2 cm³/mol. The van der Waals surface area contributed by atoms with Crippen LogP contribution in [0.5, 0.6) is 5.75 Å². The second kappa shape index (κ2) is 6.86. The minimum Gasteiger partial charge on any atom is -0.489 e. The maximum absolute atomic E-state index is 10.8. The topological polar surface area (TPSA) is 72.6 Å². The lowest BCUT2D eigenvalue weighted by molar-refractivity contribution is -0.385. The summed E-state index contributed by atoms with van der Waals surface area (Å²) >= 11 is 2.22. The zero-order chi connectivity index (χ0) is 15.4. The number of aliphatic hydroxyl groups excluding tert-OH is 1. The molecule has 2 rings (SSSR count). The molecule has 110 valence electrons. The number of halogens is 1. The third-order valence-corrected chi connectivity index (χ3v) is 3.68. The summed E-state index contributed by atoms with van der Waals surface area (Å²) in [5.41, 5.74) is 1.34. The van der Waals surface area contributed by atoms with Gasteiger partial charge in [-0.3, -0.25) is 10.1 Å². The molecule has 0 saturated heterocycles. The average Bonchev–Trinajstić information content (AvgIpc) is 2.46. The van der Waals surface area contributed by atoms with Crippen molar-refractivity contribution in [2.75, 3.05) is 0 Å². The fourth-order valence-electron chi connectivity index (χ4n) is 1.85. The van der Waals surface area contributed by atoms with Crippen LogP contribution in [0.15, 0.2) is 42.5 Å². The van der Waals surface area contributed by atoms with Gasteiger partial charge in [-0.05, 0) is 53.3 Å². The number of non-ortho nitro benzene ring substituents is 1.